The molecule has 82 valence electrons. The molecule has 0 unspecified atom stereocenters. The predicted molar refractivity (Wildman–Crippen MR) is 56.1 cm³/mol. The molecule has 1 fully saturated rings. The zero-order valence-electron chi connectivity index (χ0n) is 9.05. The monoisotopic (exact) mass is 199 g/mol. The molecule has 0 saturated heterocycles. The van der Waals surface area contributed by atoms with E-state index in [2.05, 4.69) is 5.32 Å². The topological polar surface area (TPSA) is 38.3 Å². The van der Waals surface area contributed by atoms with Gasteiger partial charge in [-0.3, -0.25) is 4.79 Å². The van der Waals surface area contributed by atoms with Gasteiger partial charge in [-0.25, -0.2) is 0 Å². The van der Waals surface area contributed by atoms with Crippen molar-refractivity contribution in [1.82, 2.24) is 5.32 Å². The maximum atomic E-state index is 11.2. The number of carbonyl (C=O) groups excluding carboxylic acids is 1. The number of esters is 1. The van der Waals surface area contributed by atoms with Crippen LogP contribution in [0.5, 0.6) is 0 Å². The lowest BCUT2D eigenvalue weighted by Gasteiger charge is -2.09. The molecule has 14 heavy (non-hydrogen) atoms. The molecule has 0 radical (unpaired) electrons. The van der Waals surface area contributed by atoms with Crippen molar-refractivity contribution < 1.29 is 9.53 Å². The lowest BCUT2D eigenvalue weighted by atomic mass is 10.1. The molecular weight excluding hydrogens is 178 g/mol. The molecule has 0 bridgehead atoms. The minimum absolute atomic E-state index is 0.0575. The molecule has 1 N–H and O–H groups in total. The molecule has 0 spiro atoms. The Labute approximate surface area is 86.2 Å². The Balaban J connectivity index is 1.96. The third kappa shape index (κ3) is 4.61. The van der Waals surface area contributed by atoms with E-state index in [1.807, 2.05) is 6.92 Å². The van der Waals surface area contributed by atoms with E-state index in [0.717, 1.165) is 13.1 Å². The van der Waals surface area contributed by atoms with E-state index in [9.17, 15) is 4.79 Å². The fourth-order valence-corrected chi connectivity index (χ4v) is 1.83. The largest absolute Gasteiger partial charge is 0.465 e. The Morgan fingerprint density at radius 3 is 2.79 bits per heavy atom. The number of hydrogen-bond acceptors (Lipinski definition) is 3. The molecule has 0 aromatic carbocycles. The first-order valence-corrected chi connectivity index (χ1v) is 5.69. The fourth-order valence-electron chi connectivity index (χ4n) is 1.83. The van der Waals surface area contributed by atoms with Gasteiger partial charge in [-0.05, 0) is 25.3 Å². The van der Waals surface area contributed by atoms with E-state index in [1.54, 1.807) is 0 Å². The summed E-state index contributed by atoms with van der Waals surface area (Å²) >= 11 is 0. The van der Waals surface area contributed by atoms with Crippen molar-refractivity contribution in [2.24, 2.45) is 5.92 Å². The predicted octanol–water partition coefficient (Wildman–Crippen LogP) is 1.72. The summed E-state index contributed by atoms with van der Waals surface area (Å²) in [5.74, 6) is 0.580. The first-order valence-electron chi connectivity index (χ1n) is 5.69. The second-order valence-corrected chi connectivity index (χ2v) is 3.94. The molecule has 1 aliphatic carbocycles. The first kappa shape index (κ1) is 11.5. The highest BCUT2D eigenvalue weighted by Gasteiger charge is 2.16. The van der Waals surface area contributed by atoms with Gasteiger partial charge in [-0.2, -0.15) is 0 Å². The van der Waals surface area contributed by atoms with Crippen LogP contribution in [0.4, 0.5) is 0 Å². The van der Waals surface area contributed by atoms with Crippen molar-refractivity contribution in [1.29, 1.82) is 0 Å². The van der Waals surface area contributed by atoms with Crippen molar-refractivity contribution >= 4 is 5.97 Å². The highest BCUT2D eigenvalue weighted by atomic mass is 16.5. The number of carbonyl (C=O) groups is 1. The van der Waals surface area contributed by atoms with Crippen LogP contribution in [0.25, 0.3) is 0 Å². The van der Waals surface area contributed by atoms with Gasteiger partial charge < -0.3 is 10.1 Å². The van der Waals surface area contributed by atoms with Crippen LogP contribution in [0, 0.1) is 5.92 Å². The smallest absolute Gasteiger partial charge is 0.307 e. The SMILES string of the molecule is CCNCCC(=O)OCC1CCCC1. The standard InChI is InChI=1S/C11H21NO2/c1-2-12-8-7-11(13)14-9-10-5-3-4-6-10/h10,12H,2-9H2,1H3. The normalized spacial score (nSPS) is 17.2. The number of hydrogen-bond donors (Lipinski definition) is 1. The summed E-state index contributed by atoms with van der Waals surface area (Å²) in [4.78, 5) is 11.2. The lowest BCUT2D eigenvalue weighted by Crippen LogP contribution is -2.20. The molecule has 0 atom stereocenters. The van der Waals surface area contributed by atoms with Gasteiger partial charge in [-0.1, -0.05) is 19.8 Å². The molecule has 1 saturated carbocycles. The average molecular weight is 199 g/mol. The van der Waals surface area contributed by atoms with Gasteiger partial charge in [0.05, 0.1) is 13.0 Å². The summed E-state index contributed by atoms with van der Waals surface area (Å²) in [7, 11) is 0. The van der Waals surface area contributed by atoms with Crippen molar-refractivity contribution in [3.05, 3.63) is 0 Å². The quantitative estimate of drug-likeness (QED) is 0.523. The Morgan fingerprint density at radius 1 is 1.43 bits per heavy atom. The van der Waals surface area contributed by atoms with Gasteiger partial charge in [0.1, 0.15) is 0 Å². The molecule has 0 aliphatic heterocycles. The number of ether oxygens (including phenoxy) is 1. The Morgan fingerprint density at radius 2 is 2.14 bits per heavy atom. The second-order valence-electron chi connectivity index (χ2n) is 3.94. The van der Waals surface area contributed by atoms with Crippen LogP contribution in [-0.4, -0.2) is 25.7 Å². The van der Waals surface area contributed by atoms with E-state index in [1.165, 1.54) is 25.7 Å². The third-order valence-corrected chi connectivity index (χ3v) is 2.71. The summed E-state index contributed by atoms with van der Waals surface area (Å²) in [6.45, 7) is 4.32. The molecule has 0 aromatic rings. The average Bonchev–Trinajstić information content (AvgIpc) is 2.68. The molecule has 1 aliphatic rings. The first-order chi connectivity index (χ1) is 6.83. The minimum atomic E-state index is -0.0575. The van der Waals surface area contributed by atoms with Gasteiger partial charge >= 0.3 is 5.97 Å². The second kappa shape index (κ2) is 6.82. The van der Waals surface area contributed by atoms with Crippen LogP contribution in [0.1, 0.15) is 39.0 Å². The van der Waals surface area contributed by atoms with E-state index in [0.29, 0.717) is 18.9 Å². The van der Waals surface area contributed by atoms with Crippen molar-refractivity contribution in [3.8, 4) is 0 Å². The van der Waals surface area contributed by atoms with Crippen LogP contribution >= 0.6 is 0 Å². The Hall–Kier alpha value is -0.570. The van der Waals surface area contributed by atoms with Crippen LogP contribution in [0.2, 0.25) is 0 Å². The van der Waals surface area contributed by atoms with Gasteiger partial charge in [0.2, 0.25) is 0 Å². The van der Waals surface area contributed by atoms with Gasteiger partial charge in [-0.15, -0.1) is 0 Å². The van der Waals surface area contributed by atoms with Gasteiger partial charge in [0, 0.05) is 6.54 Å². The molecule has 0 aromatic heterocycles. The van der Waals surface area contributed by atoms with Crippen LogP contribution in [0.15, 0.2) is 0 Å². The molecule has 0 heterocycles. The number of rotatable bonds is 6. The van der Waals surface area contributed by atoms with E-state index in [-0.39, 0.29) is 5.97 Å². The summed E-state index contributed by atoms with van der Waals surface area (Å²) in [5.41, 5.74) is 0. The molecular formula is C11H21NO2. The lowest BCUT2D eigenvalue weighted by molar-refractivity contribution is -0.144. The van der Waals surface area contributed by atoms with E-state index in [4.69, 9.17) is 4.74 Å². The van der Waals surface area contributed by atoms with Crippen LogP contribution in [0.3, 0.4) is 0 Å². The fraction of sp³-hybridized carbons (Fsp3) is 0.909. The third-order valence-electron chi connectivity index (χ3n) is 2.71. The van der Waals surface area contributed by atoms with Crippen molar-refractivity contribution in [3.63, 3.8) is 0 Å². The minimum Gasteiger partial charge on any atom is -0.465 e. The summed E-state index contributed by atoms with van der Waals surface area (Å²) in [6.07, 6.45) is 5.58. The van der Waals surface area contributed by atoms with E-state index < -0.39 is 0 Å². The van der Waals surface area contributed by atoms with Gasteiger partial charge in [0.15, 0.2) is 0 Å². The summed E-state index contributed by atoms with van der Waals surface area (Å²) in [5, 5.41) is 3.11. The summed E-state index contributed by atoms with van der Waals surface area (Å²) in [6, 6.07) is 0. The zero-order valence-corrected chi connectivity index (χ0v) is 9.05. The highest BCUT2D eigenvalue weighted by molar-refractivity contribution is 5.69. The Bertz CT molecular complexity index is 165. The molecule has 0 amide bonds. The van der Waals surface area contributed by atoms with E-state index >= 15 is 0 Å². The summed E-state index contributed by atoms with van der Waals surface area (Å²) < 4.78 is 5.19. The van der Waals surface area contributed by atoms with Crippen molar-refractivity contribution in [2.45, 2.75) is 39.0 Å². The van der Waals surface area contributed by atoms with Crippen LogP contribution in [-0.2, 0) is 9.53 Å². The number of nitrogens with one attached hydrogen (secondary N) is 1. The zero-order chi connectivity index (χ0) is 10.2. The molecule has 3 heteroatoms. The maximum Gasteiger partial charge on any atom is 0.307 e. The van der Waals surface area contributed by atoms with Crippen LogP contribution < -0.4 is 5.32 Å². The highest BCUT2D eigenvalue weighted by Crippen LogP contribution is 2.24. The van der Waals surface area contributed by atoms with Crippen molar-refractivity contribution in [2.75, 3.05) is 19.7 Å². The Kier molecular flexibility index (Phi) is 5.60. The van der Waals surface area contributed by atoms with Gasteiger partial charge in [0.25, 0.3) is 0 Å². The maximum absolute atomic E-state index is 11.2. The molecule has 3 nitrogen and oxygen atoms in total. The molecule has 1 rings (SSSR count).